The van der Waals surface area contributed by atoms with Crippen molar-refractivity contribution in [1.29, 1.82) is 0 Å². The number of nitrogens with zero attached hydrogens (tertiary/aromatic N) is 2. The van der Waals surface area contributed by atoms with Crippen molar-refractivity contribution in [3.8, 4) is 0 Å². The maximum atomic E-state index is 12.3. The molecule has 3 rings (SSSR count). The minimum absolute atomic E-state index is 0.0705. The van der Waals surface area contributed by atoms with Gasteiger partial charge in [-0.15, -0.1) is 11.3 Å². The van der Waals surface area contributed by atoms with Crippen LogP contribution in [0.15, 0.2) is 5.38 Å². The summed E-state index contributed by atoms with van der Waals surface area (Å²) in [5, 5.41) is 13.4. The SMILES string of the molecule is CCc1csc(CCNC(=O)c2n[nH]c3c2CC(C)CC3)n1. The fraction of sp³-hybridized carbons (Fsp3) is 0.562. The smallest absolute Gasteiger partial charge is 0.272 e. The molecular formula is C16H22N4OS. The highest BCUT2D eigenvalue weighted by Gasteiger charge is 2.24. The van der Waals surface area contributed by atoms with Gasteiger partial charge in [0.25, 0.3) is 5.91 Å². The Kier molecular flexibility index (Phi) is 4.57. The number of fused-ring (bicyclic) bond motifs is 1. The lowest BCUT2D eigenvalue weighted by Gasteiger charge is -2.17. The van der Waals surface area contributed by atoms with Crippen molar-refractivity contribution < 1.29 is 4.79 Å². The standard InChI is InChI=1S/C16H22N4OS/c1-3-11-9-22-14(18-11)6-7-17-16(21)15-12-8-10(2)4-5-13(12)19-20-15/h9-10H,3-8H2,1-2H3,(H,17,21)(H,19,20). The van der Waals surface area contributed by atoms with Gasteiger partial charge in [-0.25, -0.2) is 4.98 Å². The number of nitrogens with one attached hydrogen (secondary N) is 2. The Morgan fingerprint density at radius 2 is 2.41 bits per heavy atom. The Morgan fingerprint density at radius 1 is 1.55 bits per heavy atom. The van der Waals surface area contributed by atoms with E-state index in [1.807, 2.05) is 0 Å². The minimum Gasteiger partial charge on any atom is -0.350 e. The van der Waals surface area contributed by atoms with E-state index in [-0.39, 0.29) is 5.91 Å². The summed E-state index contributed by atoms with van der Waals surface area (Å²) in [6.45, 7) is 4.93. The van der Waals surface area contributed by atoms with Crippen LogP contribution < -0.4 is 5.32 Å². The second kappa shape index (κ2) is 6.60. The topological polar surface area (TPSA) is 70.7 Å². The third-order valence-electron chi connectivity index (χ3n) is 4.19. The van der Waals surface area contributed by atoms with E-state index in [9.17, 15) is 4.79 Å². The molecule has 2 aromatic heterocycles. The number of carbonyl (C=O) groups excluding carboxylic acids is 1. The van der Waals surface area contributed by atoms with Gasteiger partial charge >= 0.3 is 0 Å². The first-order chi connectivity index (χ1) is 10.7. The molecule has 0 radical (unpaired) electrons. The van der Waals surface area contributed by atoms with Gasteiger partial charge in [0.2, 0.25) is 0 Å². The fourth-order valence-electron chi connectivity index (χ4n) is 2.85. The van der Waals surface area contributed by atoms with Crippen LogP contribution in [0.2, 0.25) is 0 Å². The largest absolute Gasteiger partial charge is 0.350 e. The fourth-order valence-corrected chi connectivity index (χ4v) is 3.73. The van der Waals surface area contributed by atoms with Gasteiger partial charge in [-0.05, 0) is 31.6 Å². The molecule has 0 aliphatic heterocycles. The zero-order chi connectivity index (χ0) is 15.5. The summed E-state index contributed by atoms with van der Waals surface area (Å²) >= 11 is 1.66. The first-order valence-electron chi connectivity index (χ1n) is 7.95. The number of aromatic amines is 1. The van der Waals surface area contributed by atoms with Gasteiger partial charge in [-0.2, -0.15) is 5.10 Å². The lowest BCUT2D eigenvalue weighted by Crippen LogP contribution is -2.27. The summed E-state index contributed by atoms with van der Waals surface area (Å²) in [7, 11) is 0. The molecule has 2 N–H and O–H groups in total. The van der Waals surface area contributed by atoms with Gasteiger partial charge in [-0.1, -0.05) is 13.8 Å². The molecule has 0 saturated carbocycles. The highest BCUT2D eigenvalue weighted by Crippen LogP contribution is 2.26. The molecule has 0 fully saturated rings. The molecule has 0 saturated heterocycles. The lowest BCUT2D eigenvalue weighted by atomic mass is 9.87. The molecule has 1 amide bonds. The summed E-state index contributed by atoms with van der Waals surface area (Å²) in [5.74, 6) is 0.554. The van der Waals surface area contributed by atoms with E-state index in [1.165, 1.54) is 6.42 Å². The number of hydrogen-bond acceptors (Lipinski definition) is 4. The summed E-state index contributed by atoms with van der Waals surface area (Å²) < 4.78 is 0. The van der Waals surface area contributed by atoms with E-state index in [4.69, 9.17) is 0 Å². The van der Waals surface area contributed by atoms with Gasteiger partial charge in [-0.3, -0.25) is 9.89 Å². The van der Waals surface area contributed by atoms with Crippen molar-refractivity contribution in [3.63, 3.8) is 0 Å². The van der Waals surface area contributed by atoms with Crippen LogP contribution in [0.3, 0.4) is 0 Å². The molecule has 1 aliphatic rings. The Hall–Kier alpha value is -1.69. The van der Waals surface area contributed by atoms with Gasteiger partial charge in [0.15, 0.2) is 5.69 Å². The molecule has 22 heavy (non-hydrogen) atoms. The van der Waals surface area contributed by atoms with Gasteiger partial charge in [0.1, 0.15) is 0 Å². The number of aryl methyl sites for hydroxylation is 2. The zero-order valence-electron chi connectivity index (χ0n) is 13.1. The van der Waals surface area contributed by atoms with Crippen molar-refractivity contribution in [1.82, 2.24) is 20.5 Å². The Bertz CT molecular complexity index is 661. The zero-order valence-corrected chi connectivity index (χ0v) is 13.9. The quantitative estimate of drug-likeness (QED) is 0.890. The normalized spacial score (nSPS) is 17.3. The summed E-state index contributed by atoms with van der Waals surface area (Å²) in [5.41, 5.74) is 3.95. The number of hydrogen-bond donors (Lipinski definition) is 2. The molecule has 1 aliphatic carbocycles. The van der Waals surface area contributed by atoms with Crippen LogP contribution in [0.4, 0.5) is 0 Å². The minimum atomic E-state index is -0.0705. The molecule has 118 valence electrons. The van der Waals surface area contributed by atoms with E-state index in [0.717, 1.165) is 47.6 Å². The predicted molar refractivity (Wildman–Crippen MR) is 87.3 cm³/mol. The second-order valence-corrected chi connectivity index (χ2v) is 6.91. The molecule has 0 bridgehead atoms. The average molecular weight is 318 g/mol. The number of carbonyl (C=O) groups is 1. The maximum Gasteiger partial charge on any atom is 0.272 e. The summed E-state index contributed by atoms with van der Waals surface area (Å²) in [4.78, 5) is 16.8. The molecule has 5 nitrogen and oxygen atoms in total. The van der Waals surface area contributed by atoms with E-state index in [2.05, 4.69) is 39.7 Å². The predicted octanol–water partition coefficient (Wildman–Crippen LogP) is 2.53. The van der Waals surface area contributed by atoms with E-state index in [0.29, 0.717) is 18.2 Å². The number of H-pyrrole nitrogens is 1. The van der Waals surface area contributed by atoms with Crippen LogP contribution in [0.5, 0.6) is 0 Å². The van der Waals surface area contributed by atoms with Crippen LogP contribution in [-0.2, 0) is 25.7 Å². The number of amides is 1. The third kappa shape index (κ3) is 3.21. The Balaban J connectivity index is 1.57. The third-order valence-corrected chi connectivity index (χ3v) is 5.15. The van der Waals surface area contributed by atoms with Crippen LogP contribution in [-0.4, -0.2) is 27.6 Å². The second-order valence-electron chi connectivity index (χ2n) is 5.97. The van der Waals surface area contributed by atoms with E-state index in [1.54, 1.807) is 11.3 Å². The van der Waals surface area contributed by atoms with Crippen molar-refractivity contribution in [2.24, 2.45) is 5.92 Å². The number of thiazole rings is 1. The highest BCUT2D eigenvalue weighted by atomic mass is 32.1. The van der Waals surface area contributed by atoms with Crippen molar-refractivity contribution in [2.75, 3.05) is 6.54 Å². The van der Waals surface area contributed by atoms with Crippen molar-refractivity contribution in [3.05, 3.63) is 33.0 Å². The number of aromatic nitrogens is 3. The van der Waals surface area contributed by atoms with Crippen LogP contribution in [0, 0.1) is 5.92 Å². The lowest BCUT2D eigenvalue weighted by molar-refractivity contribution is 0.0948. The molecule has 1 unspecified atom stereocenters. The van der Waals surface area contributed by atoms with Gasteiger partial charge in [0.05, 0.1) is 10.7 Å². The Morgan fingerprint density at radius 3 is 3.18 bits per heavy atom. The average Bonchev–Trinajstić information content (AvgIpc) is 3.13. The van der Waals surface area contributed by atoms with Gasteiger partial charge < -0.3 is 5.32 Å². The molecule has 0 aromatic carbocycles. The molecule has 2 aromatic rings. The molecule has 1 atom stereocenters. The first-order valence-corrected chi connectivity index (χ1v) is 8.83. The monoisotopic (exact) mass is 318 g/mol. The maximum absolute atomic E-state index is 12.3. The highest BCUT2D eigenvalue weighted by molar-refractivity contribution is 7.09. The molecule has 2 heterocycles. The van der Waals surface area contributed by atoms with E-state index < -0.39 is 0 Å². The van der Waals surface area contributed by atoms with Crippen LogP contribution >= 0.6 is 11.3 Å². The van der Waals surface area contributed by atoms with Crippen molar-refractivity contribution in [2.45, 2.75) is 46.0 Å². The molecule has 6 heteroatoms. The van der Waals surface area contributed by atoms with Gasteiger partial charge in [0, 0.05) is 29.6 Å². The molecule has 0 spiro atoms. The Labute approximate surface area is 134 Å². The summed E-state index contributed by atoms with van der Waals surface area (Å²) in [6, 6.07) is 0. The van der Waals surface area contributed by atoms with Crippen LogP contribution in [0.1, 0.15) is 52.7 Å². The first kappa shape index (κ1) is 15.2. The van der Waals surface area contributed by atoms with Crippen LogP contribution in [0.25, 0.3) is 0 Å². The number of rotatable bonds is 5. The van der Waals surface area contributed by atoms with E-state index >= 15 is 0 Å². The molecular weight excluding hydrogens is 296 g/mol. The summed E-state index contributed by atoms with van der Waals surface area (Å²) in [6.07, 6.45) is 4.84. The van der Waals surface area contributed by atoms with Crippen molar-refractivity contribution >= 4 is 17.2 Å².